The Morgan fingerprint density at radius 2 is 1.93 bits per heavy atom. The van der Waals surface area contributed by atoms with Gasteiger partial charge in [0.15, 0.2) is 11.5 Å². The van der Waals surface area contributed by atoms with Crippen molar-refractivity contribution >= 4 is 50.9 Å². The number of benzene rings is 1. The Labute approximate surface area is 188 Å². The second-order valence-corrected chi connectivity index (χ2v) is 8.02. The van der Waals surface area contributed by atoms with Crippen LogP contribution in [0.4, 0.5) is 19.0 Å². The monoisotopic (exact) mass is 523 g/mol. The Bertz CT molecular complexity index is 1080. The van der Waals surface area contributed by atoms with Gasteiger partial charge < -0.3 is 5.32 Å². The number of halogens is 6. The number of carbonyl (C=O) groups is 1. The van der Waals surface area contributed by atoms with Gasteiger partial charge in [-0.25, -0.2) is 0 Å². The van der Waals surface area contributed by atoms with Gasteiger partial charge in [-0.1, -0.05) is 41.4 Å². The predicted octanol–water partition coefficient (Wildman–Crippen LogP) is 5.55. The third-order valence-electron chi connectivity index (χ3n) is 4.22. The second kappa shape index (κ2) is 8.99. The topological polar surface area (TPSA) is 64.7 Å². The number of nitrogens with one attached hydrogen (secondary N) is 1. The van der Waals surface area contributed by atoms with E-state index in [2.05, 4.69) is 31.4 Å². The van der Waals surface area contributed by atoms with E-state index in [4.69, 9.17) is 23.2 Å². The maximum absolute atomic E-state index is 12.9. The first-order chi connectivity index (χ1) is 14.1. The van der Waals surface area contributed by atoms with Crippen LogP contribution in [0.2, 0.25) is 10.0 Å². The van der Waals surface area contributed by atoms with Gasteiger partial charge in [-0.2, -0.15) is 23.4 Å². The number of nitrogens with zero attached hydrogens (tertiary/aromatic N) is 4. The van der Waals surface area contributed by atoms with E-state index < -0.39 is 22.8 Å². The Morgan fingerprint density at radius 1 is 1.23 bits per heavy atom. The highest BCUT2D eigenvalue weighted by molar-refractivity contribution is 9.10. The third-order valence-corrected chi connectivity index (χ3v) is 5.62. The van der Waals surface area contributed by atoms with Crippen LogP contribution in [0.1, 0.15) is 23.4 Å². The molecular formula is C18H15BrCl2F3N5O. The second-order valence-electron chi connectivity index (χ2n) is 6.38. The van der Waals surface area contributed by atoms with Gasteiger partial charge in [-0.3, -0.25) is 14.2 Å². The summed E-state index contributed by atoms with van der Waals surface area (Å²) in [6.45, 7) is 1.75. The molecular weight excluding hydrogens is 510 g/mol. The van der Waals surface area contributed by atoms with Crippen LogP contribution >= 0.6 is 39.1 Å². The largest absolute Gasteiger partial charge is 0.436 e. The normalized spacial score (nSPS) is 11.7. The van der Waals surface area contributed by atoms with Crippen molar-refractivity contribution in [3.63, 3.8) is 0 Å². The van der Waals surface area contributed by atoms with Crippen molar-refractivity contribution in [3.8, 4) is 0 Å². The Kier molecular flexibility index (Phi) is 6.78. The lowest BCUT2D eigenvalue weighted by Gasteiger charge is -2.06. The zero-order valence-corrected chi connectivity index (χ0v) is 18.6. The summed E-state index contributed by atoms with van der Waals surface area (Å²) in [6, 6.07) is 7.31. The lowest BCUT2D eigenvalue weighted by molar-refractivity contribution is -0.141. The number of aromatic nitrogens is 4. The number of alkyl halides is 3. The van der Waals surface area contributed by atoms with Crippen molar-refractivity contribution in [1.82, 2.24) is 19.6 Å². The first-order valence-electron chi connectivity index (χ1n) is 8.62. The van der Waals surface area contributed by atoms with Crippen LogP contribution in [-0.4, -0.2) is 25.5 Å². The molecule has 0 atom stereocenters. The molecule has 3 aromatic rings. The molecule has 0 unspecified atom stereocenters. The minimum atomic E-state index is -4.66. The molecule has 0 bridgehead atoms. The molecule has 0 aliphatic heterocycles. The number of carbonyl (C=O) groups excluding carboxylic acids is 1. The highest BCUT2D eigenvalue weighted by Crippen LogP contribution is 2.35. The van der Waals surface area contributed by atoms with Crippen molar-refractivity contribution in [2.45, 2.75) is 32.6 Å². The summed E-state index contributed by atoms with van der Waals surface area (Å²) in [5.41, 5.74) is -0.163. The van der Waals surface area contributed by atoms with Crippen molar-refractivity contribution in [2.24, 2.45) is 0 Å². The SMILES string of the molecule is Cc1c(Cl)c(C(F)(F)F)nn1CCC(=O)Nc1nn(Cc2ccccc2Cl)cc1Br. The molecule has 1 aromatic carbocycles. The van der Waals surface area contributed by atoms with Gasteiger partial charge in [0.25, 0.3) is 0 Å². The molecule has 160 valence electrons. The fourth-order valence-electron chi connectivity index (χ4n) is 2.69. The molecule has 3 rings (SSSR count). The zero-order chi connectivity index (χ0) is 22.1. The average Bonchev–Trinajstić information content (AvgIpc) is 3.15. The summed E-state index contributed by atoms with van der Waals surface area (Å²) in [7, 11) is 0. The standard InChI is InChI=1S/C18H15BrCl2F3N5O/c1-10-15(21)16(18(22,23)24)26-29(10)7-6-14(30)25-17-12(19)9-28(27-17)8-11-4-2-3-5-13(11)20/h2-5,9H,6-8H2,1H3,(H,25,27,30). The Hall–Kier alpha value is -2.04. The maximum atomic E-state index is 12.9. The molecule has 0 saturated heterocycles. The minimum absolute atomic E-state index is 0.0641. The first-order valence-corrected chi connectivity index (χ1v) is 10.2. The van der Waals surface area contributed by atoms with E-state index in [9.17, 15) is 18.0 Å². The van der Waals surface area contributed by atoms with Crippen LogP contribution in [-0.2, 0) is 24.1 Å². The van der Waals surface area contributed by atoms with Crippen LogP contribution in [0.25, 0.3) is 0 Å². The quantitative estimate of drug-likeness (QED) is 0.459. The van der Waals surface area contributed by atoms with Gasteiger partial charge in [0, 0.05) is 17.6 Å². The summed E-state index contributed by atoms with van der Waals surface area (Å²) < 4.78 is 41.9. The maximum Gasteiger partial charge on any atom is 0.436 e. The molecule has 0 saturated carbocycles. The molecule has 0 fully saturated rings. The van der Waals surface area contributed by atoms with Crippen LogP contribution < -0.4 is 5.32 Å². The van der Waals surface area contributed by atoms with Gasteiger partial charge in [0.2, 0.25) is 5.91 Å². The van der Waals surface area contributed by atoms with Gasteiger partial charge in [0.05, 0.1) is 28.3 Å². The van der Waals surface area contributed by atoms with E-state index >= 15 is 0 Å². The van der Waals surface area contributed by atoms with Crippen molar-refractivity contribution in [3.05, 3.63) is 61.9 Å². The number of hydrogen-bond donors (Lipinski definition) is 1. The Balaban J connectivity index is 1.63. The number of anilines is 1. The number of rotatable bonds is 6. The fraction of sp³-hybridized carbons (Fsp3) is 0.278. The molecule has 12 heteroatoms. The first kappa shape index (κ1) is 22.6. The van der Waals surface area contributed by atoms with Crippen molar-refractivity contribution in [2.75, 3.05) is 5.32 Å². The molecule has 30 heavy (non-hydrogen) atoms. The highest BCUT2D eigenvalue weighted by Gasteiger charge is 2.38. The van der Waals surface area contributed by atoms with E-state index in [-0.39, 0.29) is 18.7 Å². The van der Waals surface area contributed by atoms with Crippen LogP contribution in [0.5, 0.6) is 0 Å². The summed E-state index contributed by atoms with van der Waals surface area (Å²) in [5, 5.41) is 10.5. The van der Waals surface area contributed by atoms with Crippen LogP contribution in [0.15, 0.2) is 34.9 Å². The van der Waals surface area contributed by atoms with Crippen LogP contribution in [0, 0.1) is 6.92 Å². The van der Waals surface area contributed by atoms with Crippen molar-refractivity contribution < 1.29 is 18.0 Å². The zero-order valence-electron chi connectivity index (χ0n) is 15.5. The number of hydrogen-bond acceptors (Lipinski definition) is 3. The Morgan fingerprint density at radius 3 is 2.57 bits per heavy atom. The average molecular weight is 525 g/mol. The van der Waals surface area contributed by atoms with Crippen LogP contribution in [0.3, 0.4) is 0 Å². The summed E-state index contributed by atoms with van der Waals surface area (Å²) in [4.78, 5) is 12.3. The molecule has 2 heterocycles. The molecule has 6 nitrogen and oxygen atoms in total. The highest BCUT2D eigenvalue weighted by atomic mass is 79.9. The predicted molar refractivity (Wildman–Crippen MR) is 111 cm³/mol. The molecule has 0 aliphatic carbocycles. The fourth-order valence-corrected chi connectivity index (χ4v) is 3.54. The molecule has 1 N–H and O–H groups in total. The molecule has 0 aliphatic rings. The smallest absolute Gasteiger partial charge is 0.308 e. The third kappa shape index (κ3) is 5.16. The number of amides is 1. The van der Waals surface area contributed by atoms with Gasteiger partial charge in [-0.05, 0) is 34.5 Å². The summed E-state index contributed by atoms with van der Waals surface area (Å²) in [5.74, 6) is -0.142. The molecule has 0 radical (unpaired) electrons. The number of aryl methyl sites for hydroxylation is 1. The molecule has 0 spiro atoms. The van der Waals surface area contributed by atoms with Gasteiger partial charge >= 0.3 is 6.18 Å². The lowest BCUT2D eigenvalue weighted by Crippen LogP contribution is -2.17. The van der Waals surface area contributed by atoms with E-state index in [0.717, 1.165) is 10.2 Å². The van der Waals surface area contributed by atoms with E-state index in [1.165, 1.54) is 6.92 Å². The summed E-state index contributed by atoms with van der Waals surface area (Å²) in [6.07, 6.45) is -3.08. The van der Waals surface area contributed by atoms with Gasteiger partial charge in [0.1, 0.15) is 0 Å². The van der Waals surface area contributed by atoms with E-state index in [1.54, 1.807) is 16.9 Å². The van der Waals surface area contributed by atoms with E-state index in [0.29, 0.717) is 21.9 Å². The molecule has 1 amide bonds. The van der Waals surface area contributed by atoms with Crippen molar-refractivity contribution in [1.29, 1.82) is 0 Å². The lowest BCUT2D eigenvalue weighted by atomic mass is 10.2. The van der Waals surface area contributed by atoms with E-state index in [1.807, 2.05) is 18.2 Å². The summed E-state index contributed by atoms with van der Waals surface area (Å²) >= 11 is 15.2. The van der Waals surface area contributed by atoms with Gasteiger partial charge in [-0.15, -0.1) is 0 Å². The molecule has 2 aromatic heterocycles. The minimum Gasteiger partial charge on any atom is -0.308 e.